The lowest BCUT2D eigenvalue weighted by Gasteiger charge is -2.38. The van der Waals surface area contributed by atoms with Gasteiger partial charge in [0.25, 0.3) is 0 Å². The van der Waals surface area contributed by atoms with Crippen molar-refractivity contribution in [1.82, 2.24) is 4.98 Å². The number of aromatic nitrogens is 1. The topological polar surface area (TPSA) is 42.4 Å². The lowest BCUT2D eigenvalue weighted by atomic mass is 9.76. The molecule has 0 fully saturated rings. The molecule has 4 heteroatoms. The van der Waals surface area contributed by atoms with Gasteiger partial charge in [0.05, 0.1) is 10.4 Å². The molecule has 1 N–H and O–H groups in total. The average molecular weight is 277 g/mol. The van der Waals surface area contributed by atoms with Gasteiger partial charge < -0.3 is 9.84 Å². The number of para-hydroxylation sites is 1. The number of rotatable bonds is 4. The molecular formula is C15H19NO2S. The van der Waals surface area contributed by atoms with Gasteiger partial charge in [-0.1, -0.05) is 39.0 Å². The maximum absolute atomic E-state index is 11.0. The zero-order valence-corrected chi connectivity index (χ0v) is 12.3. The molecule has 0 amide bonds. The van der Waals surface area contributed by atoms with Gasteiger partial charge in [-0.25, -0.2) is 0 Å². The van der Waals surface area contributed by atoms with E-state index in [1.165, 1.54) is 11.3 Å². The Morgan fingerprint density at radius 3 is 2.42 bits per heavy atom. The molecule has 0 spiro atoms. The van der Waals surface area contributed by atoms with Crippen molar-refractivity contribution in [2.45, 2.75) is 26.4 Å². The highest BCUT2D eigenvalue weighted by Gasteiger charge is 2.43. The van der Waals surface area contributed by atoms with Crippen LogP contribution in [0.25, 0.3) is 0 Å². The van der Waals surface area contributed by atoms with Crippen LogP contribution in [0.1, 0.15) is 25.6 Å². The van der Waals surface area contributed by atoms with E-state index in [2.05, 4.69) is 4.98 Å². The van der Waals surface area contributed by atoms with E-state index < -0.39 is 5.60 Å². The average Bonchev–Trinajstić information content (AvgIpc) is 2.90. The van der Waals surface area contributed by atoms with Crippen LogP contribution in [0.4, 0.5) is 0 Å². The van der Waals surface area contributed by atoms with Crippen LogP contribution < -0.4 is 4.74 Å². The van der Waals surface area contributed by atoms with Gasteiger partial charge in [0, 0.05) is 6.20 Å². The van der Waals surface area contributed by atoms with Crippen molar-refractivity contribution < 1.29 is 9.84 Å². The number of nitrogens with zero attached hydrogens (tertiary/aromatic N) is 1. The summed E-state index contributed by atoms with van der Waals surface area (Å²) >= 11 is 1.45. The van der Waals surface area contributed by atoms with Crippen LogP contribution in [0.3, 0.4) is 0 Å². The molecule has 0 aliphatic rings. The highest BCUT2D eigenvalue weighted by atomic mass is 32.1. The lowest BCUT2D eigenvalue weighted by molar-refractivity contribution is -0.0918. The van der Waals surface area contributed by atoms with Gasteiger partial charge in [0.1, 0.15) is 18.0 Å². The molecule has 0 saturated carbocycles. The molecule has 0 saturated heterocycles. The number of aliphatic hydroxyl groups is 1. The Balaban J connectivity index is 2.21. The van der Waals surface area contributed by atoms with E-state index in [1.807, 2.05) is 51.1 Å². The summed E-state index contributed by atoms with van der Waals surface area (Å²) in [6.07, 6.45) is 1.71. The molecule has 102 valence electrons. The first kappa shape index (κ1) is 14.0. The highest BCUT2D eigenvalue weighted by molar-refractivity contribution is 7.09. The summed E-state index contributed by atoms with van der Waals surface area (Å²) in [5.41, 5.74) is 0.340. The quantitative estimate of drug-likeness (QED) is 0.930. The van der Waals surface area contributed by atoms with Gasteiger partial charge in [-0.15, -0.1) is 11.3 Å². The third kappa shape index (κ3) is 2.96. The maximum atomic E-state index is 11.0. The second-order valence-electron chi connectivity index (χ2n) is 5.58. The molecule has 1 heterocycles. The smallest absolute Gasteiger partial charge is 0.139 e. The fourth-order valence-electron chi connectivity index (χ4n) is 1.78. The molecule has 0 radical (unpaired) electrons. The predicted molar refractivity (Wildman–Crippen MR) is 77.4 cm³/mol. The molecule has 0 aliphatic carbocycles. The summed E-state index contributed by atoms with van der Waals surface area (Å²) in [5, 5.41) is 11.0. The molecule has 19 heavy (non-hydrogen) atoms. The zero-order chi connectivity index (χ0) is 13.9. The van der Waals surface area contributed by atoms with Crippen LogP contribution >= 0.6 is 11.3 Å². The number of hydrogen-bond acceptors (Lipinski definition) is 4. The number of hydrogen-bond donors (Lipinski definition) is 1. The standard InChI is InChI=1S/C15H19NO2S/c1-14(2,3)15(17,13-9-16-11-19-13)10-18-12-7-5-4-6-8-12/h4-9,11,17H,10H2,1-3H3. The van der Waals surface area contributed by atoms with Crippen LogP contribution in [0, 0.1) is 5.41 Å². The van der Waals surface area contributed by atoms with E-state index in [-0.39, 0.29) is 12.0 Å². The van der Waals surface area contributed by atoms with Crippen LogP contribution in [0.2, 0.25) is 0 Å². The summed E-state index contributed by atoms with van der Waals surface area (Å²) in [4.78, 5) is 4.89. The van der Waals surface area contributed by atoms with Crippen molar-refractivity contribution in [3.63, 3.8) is 0 Å². The van der Waals surface area contributed by atoms with E-state index in [0.29, 0.717) is 0 Å². The highest BCUT2D eigenvalue weighted by Crippen LogP contribution is 2.41. The number of benzene rings is 1. The van der Waals surface area contributed by atoms with Crippen molar-refractivity contribution >= 4 is 11.3 Å². The third-order valence-electron chi connectivity index (χ3n) is 3.27. The Morgan fingerprint density at radius 2 is 1.89 bits per heavy atom. The molecule has 2 rings (SSSR count). The van der Waals surface area contributed by atoms with E-state index in [9.17, 15) is 5.11 Å². The molecular weight excluding hydrogens is 258 g/mol. The summed E-state index contributed by atoms with van der Waals surface area (Å²) in [5.74, 6) is 0.759. The minimum atomic E-state index is -1.05. The van der Waals surface area contributed by atoms with E-state index in [1.54, 1.807) is 11.7 Å². The van der Waals surface area contributed by atoms with Crippen molar-refractivity contribution in [2.75, 3.05) is 6.61 Å². The Morgan fingerprint density at radius 1 is 1.21 bits per heavy atom. The molecule has 1 aromatic carbocycles. The molecule has 1 unspecified atom stereocenters. The maximum Gasteiger partial charge on any atom is 0.139 e. The third-order valence-corrected chi connectivity index (χ3v) is 4.20. The Bertz CT molecular complexity index is 505. The van der Waals surface area contributed by atoms with Crippen LogP contribution in [0.5, 0.6) is 5.75 Å². The van der Waals surface area contributed by atoms with Gasteiger partial charge in [0.15, 0.2) is 0 Å². The van der Waals surface area contributed by atoms with Crippen LogP contribution in [-0.4, -0.2) is 16.7 Å². The number of thiazole rings is 1. The van der Waals surface area contributed by atoms with E-state index in [4.69, 9.17) is 4.74 Å². The first-order valence-corrected chi connectivity index (χ1v) is 7.11. The predicted octanol–water partition coefficient (Wildman–Crippen LogP) is 3.46. The second-order valence-corrected chi connectivity index (χ2v) is 6.46. The summed E-state index contributed by atoms with van der Waals surface area (Å²) in [7, 11) is 0. The Labute approximate surface area is 117 Å². The lowest BCUT2D eigenvalue weighted by Crippen LogP contribution is -2.44. The van der Waals surface area contributed by atoms with Crippen molar-refractivity contribution in [2.24, 2.45) is 5.41 Å². The largest absolute Gasteiger partial charge is 0.490 e. The fourth-order valence-corrected chi connectivity index (χ4v) is 2.70. The molecule has 0 aliphatic heterocycles. The minimum absolute atomic E-state index is 0.211. The van der Waals surface area contributed by atoms with Gasteiger partial charge in [-0.3, -0.25) is 4.98 Å². The first-order valence-electron chi connectivity index (χ1n) is 6.23. The van der Waals surface area contributed by atoms with Crippen LogP contribution in [-0.2, 0) is 5.60 Å². The molecule has 2 aromatic rings. The molecule has 1 aromatic heterocycles. The van der Waals surface area contributed by atoms with Crippen LogP contribution in [0.15, 0.2) is 42.0 Å². The zero-order valence-electron chi connectivity index (χ0n) is 11.5. The fraction of sp³-hybridized carbons (Fsp3) is 0.400. The van der Waals surface area contributed by atoms with Gasteiger partial charge >= 0.3 is 0 Å². The molecule has 3 nitrogen and oxygen atoms in total. The SMILES string of the molecule is CC(C)(C)C(O)(COc1ccccc1)c1cncs1. The molecule has 0 bridgehead atoms. The summed E-state index contributed by atoms with van der Waals surface area (Å²) < 4.78 is 5.75. The van der Waals surface area contributed by atoms with Gasteiger partial charge in [-0.05, 0) is 17.5 Å². The number of ether oxygens (including phenoxy) is 1. The minimum Gasteiger partial charge on any atom is -0.490 e. The second kappa shape index (κ2) is 5.31. The van der Waals surface area contributed by atoms with E-state index >= 15 is 0 Å². The first-order chi connectivity index (χ1) is 8.93. The van der Waals surface area contributed by atoms with Crippen molar-refractivity contribution in [3.8, 4) is 5.75 Å². The summed E-state index contributed by atoms with van der Waals surface area (Å²) in [6, 6.07) is 9.54. The van der Waals surface area contributed by atoms with Crippen molar-refractivity contribution in [1.29, 1.82) is 0 Å². The van der Waals surface area contributed by atoms with Gasteiger partial charge in [0.2, 0.25) is 0 Å². The Hall–Kier alpha value is -1.39. The monoisotopic (exact) mass is 277 g/mol. The van der Waals surface area contributed by atoms with E-state index in [0.717, 1.165) is 10.6 Å². The van der Waals surface area contributed by atoms with Gasteiger partial charge in [-0.2, -0.15) is 0 Å². The molecule has 1 atom stereocenters. The summed E-state index contributed by atoms with van der Waals surface area (Å²) in [6.45, 7) is 6.21. The normalized spacial score (nSPS) is 14.9. The van der Waals surface area contributed by atoms with Crippen molar-refractivity contribution in [3.05, 3.63) is 46.9 Å². The Kier molecular flexibility index (Phi) is 3.92.